The van der Waals surface area contributed by atoms with Gasteiger partial charge in [-0.3, -0.25) is 24.1 Å². The zero-order valence-corrected chi connectivity index (χ0v) is 17.9. The molecule has 1 rings (SSSR count). The molecule has 0 saturated carbocycles. The predicted molar refractivity (Wildman–Crippen MR) is 107 cm³/mol. The second-order valence-electron chi connectivity index (χ2n) is 6.27. The summed E-state index contributed by atoms with van der Waals surface area (Å²) in [4.78, 5) is 47.9. The van der Waals surface area contributed by atoms with E-state index in [4.69, 9.17) is 9.47 Å². The highest BCUT2D eigenvalue weighted by molar-refractivity contribution is 8.00. The number of ether oxygens (including phenoxy) is 3. The third-order valence-electron chi connectivity index (χ3n) is 4.06. The lowest BCUT2D eigenvalue weighted by Gasteiger charge is -2.14. The lowest BCUT2D eigenvalue weighted by Crippen LogP contribution is -2.33. The van der Waals surface area contributed by atoms with Gasteiger partial charge in [0.25, 0.3) is 0 Å². The number of thioether (sulfide) groups is 1. The minimum Gasteiger partial charge on any atom is -0.377 e. The summed E-state index contributed by atoms with van der Waals surface area (Å²) in [5.41, 5.74) is 0. The van der Waals surface area contributed by atoms with Crippen LogP contribution in [0.1, 0.15) is 19.3 Å². The molecule has 2 N–H and O–H groups in total. The number of hydrogen-bond donors (Lipinski definition) is 2. The Labute approximate surface area is 175 Å². The largest absolute Gasteiger partial charge is 0.377 e. The number of rotatable bonds is 16. The van der Waals surface area contributed by atoms with Crippen LogP contribution in [-0.2, 0) is 33.4 Å². The average molecular weight is 434 g/mol. The van der Waals surface area contributed by atoms with Crippen molar-refractivity contribution in [1.82, 2.24) is 15.5 Å². The van der Waals surface area contributed by atoms with Crippen LogP contribution in [0.25, 0.3) is 0 Å². The van der Waals surface area contributed by atoms with E-state index in [1.54, 1.807) is 0 Å². The molecule has 1 fully saturated rings. The van der Waals surface area contributed by atoms with E-state index < -0.39 is 0 Å². The molecule has 1 aliphatic heterocycles. The molecule has 29 heavy (non-hydrogen) atoms. The molecule has 10 nitrogen and oxygen atoms in total. The summed E-state index contributed by atoms with van der Waals surface area (Å²) < 4.78 is 15.3. The van der Waals surface area contributed by atoms with Crippen LogP contribution >= 0.6 is 11.8 Å². The van der Waals surface area contributed by atoms with Gasteiger partial charge in [0.05, 0.1) is 31.7 Å². The fourth-order valence-corrected chi connectivity index (χ4v) is 3.23. The van der Waals surface area contributed by atoms with Gasteiger partial charge in [-0.05, 0) is 12.7 Å². The first kappa shape index (κ1) is 25.3. The second-order valence-corrected chi connectivity index (χ2v) is 7.31. The Bertz CT molecular complexity index is 548. The highest BCUT2D eigenvalue weighted by atomic mass is 32.2. The minimum absolute atomic E-state index is 0.0296. The van der Waals surface area contributed by atoms with Crippen molar-refractivity contribution >= 4 is 35.4 Å². The first-order chi connectivity index (χ1) is 14.0. The minimum atomic E-state index is -0.285. The maximum absolute atomic E-state index is 12.0. The van der Waals surface area contributed by atoms with Crippen LogP contribution in [0.4, 0.5) is 0 Å². The maximum Gasteiger partial charge on any atom is 0.246 e. The number of nitrogens with one attached hydrogen (secondary N) is 2. The number of carbonyl (C=O) groups excluding carboxylic acids is 4. The first-order valence-electron chi connectivity index (χ1n) is 9.54. The van der Waals surface area contributed by atoms with E-state index in [0.717, 1.165) is 0 Å². The summed E-state index contributed by atoms with van der Waals surface area (Å²) in [5, 5.41) is 5.08. The number of nitrogens with zero attached hydrogens (tertiary/aromatic N) is 1. The van der Waals surface area contributed by atoms with E-state index in [9.17, 15) is 19.2 Å². The van der Waals surface area contributed by atoms with Crippen molar-refractivity contribution in [3.05, 3.63) is 0 Å². The van der Waals surface area contributed by atoms with Crippen molar-refractivity contribution in [3.63, 3.8) is 0 Å². The van der Waals surface area contributed by atoms with E-state index in [2.05, 4.69) is 15.4 Å². The summed E-state index contributed by atoms with van der Waals surface area (Å²) >= 11 is 1.38. The van der Waals surface area contributed by atoms with Gasteiger partial charge in [-0.25, -0.2) is 0 Å². The normalized spacial score (nSPS) is 16.3. The Balaban J connectivity index is 1.93. The van der Waals surface area contributed by atoms with Crippen molar-refractivity contribution in [3.8, 4) is 0 Å². The molecule has 1 unspecified atom stereocenters. The van der Waals surface area contributed by atoms with E-state index in [-0.39, 0.29) is 54.9 Å². The van der Waals surface area contributed by atoms with Gasteiger partial charge in [0, 0.05) is 39.6 Å². The highest BCUT2D eigenvalue weighted by Crippen LogP contribution is 2.23. The number of amides is 4. The Hall–Kier alpha value is -1.69. The summed E-state index contributed by atoms with van der Waals surface area (Å²) in [5.74, 6) is -0.651. The van der Waals surface area contributed by atoms with Crippen molar-refractivity contribution < 1.29 is 33.4 Å². The Morgan fingerprint density at radius 2 is 1.69 bits per heavy atom. The molecule has 4 amide bonds. The van der Waals surface area contributed by atoms with Crippen LogP contribution in [-0.4, -0.2) is 99.8 Å². The van der Waals surface area contributed by atoms with E-state index >= 15 is 0 Å². The molecule has 0 spiro atoms. The molecule has 1 aliphatic rings. The lowest BCUT2D eigenvalue weighted by molar-refractivity contribution is -0.138. The molecule has 1 atom stereocenters. The Kier molecular flexibility index (Phi) is 13.3. The number of imide groups is 1. The Morgan fingerprint density at radius 1 is 1.07 bits per heavy atom. The molecule has 11 heteroatoms. The third-order valence-corrected chi connectivity index (χ3v) is 4.99. The fourth-order valence-electron chi connectivity index (χ4n) is 2.59. The molecule has 0 radical (unpaired) electrons. The molecular formula is C18H31N3O7S. The lowest BCUT2D eigenvalue weighted by atomic mass is 10.3. The monoisotopic (exact) mass is 433 g/mol. The summed E-state index contributed by atoms with van der Waals surface area (Å²) in [7, 11) is 1.45. The quantitative estimate of drug-likeness (QED) is 0.239. The van der Waals surface area contributed by atoms with Gasteiger partial charge in [-0.15, -0.1) is 0 Å². The van der Waals surface area contributed by atoms with Crippen LogP contribution < -0.4 is 10.6 Å². The molecule has 0 bridgehead atoms. The van der Waals surface area contributed by atoms with E-state index in [1.807, 2.05) is 6.26 Å². The van der Waals surface area contributed by atoms with Gasteiger partial charge in [0.2, 0.25) is 23.6 Å². The summed E-state index contributed by atoms with van der Waals surface area (Å²) in [6.45, 7) is 2.62. The standard InChI is InChI=1S/C18H31N3O7S/c1-26-13-16(23)20-6-9-28-11-10-27-8-5-19-15(22)4-3-7-21-17(24)12-14(29-2)18(21)25/h14H,3-13H2,1-2H3,(H,19,22)(H,20,23). The van der Waals surface area contributed by atoms with Crippen LogP contribution in [0.3, 0.4) is 0 Å². The molecule has 0 aromatic carbocycles. The predicted octanol–water partition coefficient (Wildman–Crippen LogP) is -0.831. The molecule has 1 heterocycles. The van der Waals surface area contributed by atoms with Gasteiger partial charge in [-0.1, -0.05) is 0 Å². The van der Waals surface area contributed by atoms with Crippen LogP contribution in [0, 0.1) is 0 Å². The van der Waals surface area contributed by atoms with Gasteiger partial charge in [0.15, 0.2) is 0 Å². The molecule has 166 valence electrons. The SMILES string of the molecule is COCC(=O)NCCOCCOCCNC(=O)CCCN1C(=O)CC(SC)C1=O. The number of hydrogen-bond acceptors (Lipinski definition) is 8. The van der Waals surface area contributed by atoms with Gasteiger partial charge in [0.1, 0.15) is 6.61 Å². The average Bonchev–Trinajstić information content (AvgIpc) is 2.97. The Morgan fingerprint density at radius 3 is 2.24 bits per heavy atom. The second kappa shape index (κ2) is 15.2. The van der Waals surface area contributed by atoms with Crippen LogP contribution in [0.15, 0.2) is 0 Å². The fraction of sp³-hybridized carbons (Fsp3) is 0.778. The maximum atomic E-state index is 12.0. The molecular weight excluding hydrogens is 402 g/mol. The number of likely N-dealkylation sites (tertiary alicyclic amines) is 1. The van der Waals surface area contributed by atoms with Crippen LogP contribution in [0.2, 0.25) is 0 Å². The third kappa shape index (κ3) is 10.6. The van der Waals surface area contributed by atoms with E-state index in [0.29, 0.717) is 45.9 Å². The molecule has 1 saturated heterocycles. The highest BCUT2D eigenvalue weighted by Gasteiger charge is 2.37. The van der Waals surface area contributed by atoms with Crippen molar-refractivity contribution in [2.45, 2.75) is 24.5 Å². The number of carbonyl (C=O) groups is 4. The van der Waals surface area contributed by atoms with Gasteiger partial charge >= 0.3 is 0 Å². The molecule has 0 aromatic rings. The molecule has 0 aromatic heterocycles. The topological polar surface area (TPSA) is 123 Å². The zero-order chi connectivity index (χ0) is 21.5. The van der Waals surface area contributed by atoms with Crippen molar-refractivity contribution in [1.29, 1.82) is 0 Å². The van der Waals surface area contributed by atoms with Crippen molar-refractivity contribution in [2.24, 2.45) is 0 Å². The zero-order valence-electron chi connectivity index (χ0n) is 17.1. The van der Waals surface area contributed by atoms with Crippen molar-refractivity contribution in [2.75, 3.05) is 66.0 Å². The van der Waals surface area contributed by atoms with Crippen LogP contribution in [0.5, 0.6) is 0 Å². The van der Waals surface area contributed by atoms with Gasteiger partial charge < -0.3 is 24.8 Å². The first-order valence-corrected chi connectivity index (χ1v) is 10.8. The van der Waals surface area contributed by atoms with E-state index in [1.165, 1.54) is 23.8 Å². The summed E-state index contributed by atoms with van der Waals surface area (Å²) in [6, 6.07) is 0. The number of methoxy groups -OCH3 is 1. The summed E-state index contributed by atoms with van der Waals surface area (Å²) in [6.07, 6.45) is 2.75. The molecule has 0 aliphatic carbocycles. The smallest absolute Gasteiger partial charge is 0.246 e. The van der Waals surface area contributed by atoms with Gasteiger partial charge in [-0.2, -0.15) is 11.8 Å².